The molecule has 0 aliphatic heterocycles. The minimum Gasteiger partial charge on any atom is -0.248 e. The first-order valence-corrected chi connectivity index (χ1v) is 10.0. The molecule has 0 aliphatic rings. The van der Waals surface area contributed by atoms with Crippen LogP contribution in [0.2, 0.25) is 5.02 Å². The first kappa shape index (κ1) is 18.0. The Morgan fingerprint density at radius 3 is 2.64 bits per heavy atom. The van der Waals surface area contributed by atoms with Gasteiger partial charge in [0.1, 0.15) is 10.8 Å². The number of nitrogens with one attached hydrogen (secondary N) is 1. The number of hydrogen-bond donors (Lipinski definition) is 1. The molecular formula is C17H14ClFN2O2S2. The lowest BCUT2D eigenvalue weighted by Crippen LogP contribution is -2.23. The van der Waals surface area contributed by atoms with Gasteiger partial charge in [-0.05, 0) is 35.9 Å². The first-order chi connectivity index (χ1) is 11.9. The van der Waals surface area contributed by atoms with Gasteiger partial charge in [0, 0.05) is 22.5 Å². The summed E-state index contributed by atoms with van der Waals surface area (Å²) in [7, 11) is -3.64. The van der Waals surface area contributed by atoms with Crippen LogP contribution in [0.1, 0.15) is 15.4 Å². The van der Waals surface area contributed by atoms with Crippen molar-refractivity contribution in [3.05, 3.63) is 81.0 Å². The molecule has 1 N–H and O–H groups in total. The highest BCUT2D eigenvalue weighted by Gasteiger charge is 2.15. The third-order valence-electron chi connectivity index (χ3n) is 3.41. The van der Waals surface area contributed by atoms with Crippen LogP contribution in [-0.2, 0) is 23.0 Å². The average molecular weight is 397 g/mol. The maximum absolute atomic E-state index is 12.9. The summed E-state index contributed by atoms with van der Waals surface area (Å²) in [5, 5.41) is 1.02. The zero-order valence-corrected chi connectivity index (χ0v) is 15.3. The molecule has 0 amide bonds. The lowest BCUT2D eigenvalue weighted by Gasteiger charge is -2.05. The van der Waals surface area contributed by atoms with Gasteiger partial charge in [0.2, 0.25) is 10.0 Å². The lowest BCUT2D eigenvalue weighted by molar-refractivity contribution is 0.581. The molecule has 4 nitrogen and oxygen atoms in total. The molecule has 0 unspecified atom stereocenters. The van der Waals surface area contributed by atoms with Gasteiger partial charge in [0.25, 0.3) is 0 Å². The summed E-state index contributed by atoms with van der Waals surface area (Å²) in [6.07, 6.45) is 2.33. The Morgan fingerprint density at radius 2 is 1.92 bits per heavy atom. The van der Waals surface area contributed by atoms with Crippen LogP contribution in [0.4, 0.5) is 4.39 Å². The molecule has 8 heteroatoms. The minimum atomic E-state index is -3.64. The van der Waals surface area contributed by atoms with Crippen LogP contribution in [0.3, 0.4) is 0 Å². The number of thiazole rings is 1. The molecule has 130 valence electrons. The third kappa shape index (κ3) is 4.85. The molecule has 2 aromatic carbocycles. The smallest absolute Gasteiger partial charge is 0.241 e. The zero-order valence-electron chi connectivity index (χ0n) is 12.9. The second-order valence-corrected chi connectivity index (χ2v) is 8.71. The fraction of sp³-hybridized carbons (Fsp3) is 0.118. The maximum Gasteiger partial charge on any atom is 0.241 e. The fourth-order valence-corrected chi connectivity index (χ4v) is 4.47. The summed E-state index contributed by atoms with van der Waals surface area (Å²) < 4.78 is 40.0. The van der Waals surface area contributed by atoms with E-state index < -0.39 is 10.0 Å². The number of nitrogens with zero attached hydrogens (tertiary/aromatic N) is 1. The number of aromatic nitrogens is 1. The third-order valence-corrected chi connectivity index (χ3v) is 6.04. The highest BCUT2D eigenvalue weighted by Crippen LogP contribution is 2.19. The Balaban J connectivity index is 1.64. The summed E-state index contributed by atoms with van der Waals surface area (Å²) in [6, 6.07) is 12.3. The van der Waals surface area contributed by atoms with Crippen molar-refractivity contribution < 1.29 is 12.8 Å². The summed E-state index contributed by atoms with van der Waals surface area (Å²) in [4.78, 5) is 5.33. The summed E-state index contributed by atoms with van der Waals surface area (Å²) in [6.45, 7) is 0.100. The molecule has 0 aliphatic carbocycles. The van der Waals surface area contributed by atoms with Crippen LogP contribution in [0, 0.1) is 5.82 Å². The zero-order chi connectivity index (χ0) is 17.9. The van der Waals surface area contributed by atoms with Gasteiger partial charge in [-0.15, -0.1) is 11.3 Å². The quantitative estimate of drug-likeness (QED) is 0.685. The maximum atomic E-state index is 12.9. The molecule has 0 radical (unpaired) electrons. The molecule has 0 saturated carbocycles. The van der Waals surface area contributed by atoms with Gasteiger partial charge >= 0.3 is 0 Å². The van der Waals surface area contributed by atoms with Gasteiger partial charge < -0.3 is 0 Å². The van der Waals surface area contributed by atoms with Gasteiger partial charge in [-0.3, -0.25) is 0 Å². The molecule has 0 spiro atoms. The number of sulfonamides is 1. The van der Waals surface area contributed by atoms with Crippen molar-refractivity contribution in [2.45, 2.75) is 17.9 Å². The largest absolute Gasteiger partial charge is 0.248 e. The van der Waals surface area contributed by atoms with E-state index in [-0.39, 0.29) is 17.3 Å². The van der Waals surface area contributed by atoms with Gasteiger partial charge in [0.15, 0.2) is 0 Å². The molecule has 0 bridgehead atoms. The van der Waals surface area contributed by atoms with E-state index in [0.29, 0.717) is 16.5 Å². The van der Waals surface area contributed by atoms with Gasteiger partial charge in [0.05, 0.1) is 11.4 Å². The Morgan fingerprint density at radius 1 is 1.16 bits per heavy atom. The Labute approximate surface area is 154 Å². The Bertz CT molecular complexity index is 972. The van der Waals surface area contributed by atoms with Crippen molar-refractivity contribution in [3.63, 3.8) is 0 Å². The van der Waals surface area contributed by atoms with Crippen LogP contribution in [-0.4, -0.2) is 13.4 Å². The summed E-state index contributed by atoms with van der Waals surface area (Å²) in [5.41, 5.74) is 0.969. The molecule has 0 fully saturated rings. The standard InChI is InChI=1S/C17H14ClFN2O2S2/c18-13-2-1-3-16(9-13)25(22,23)21-11-17-20-10-15(24-17)8-12-4-6-14(19)7-5-12/h1-7,9-10,21H,8,11H2. The van der Waals surface area contributed by atoms with E-state index in [2.05, 4.69) is 9.71 Å². The molecule has 1 aromatic heterocycles. The van der Waals surface area contributed by atoms with Crippen molar-refractivity contribution in [3.8, 4) is 0 Å². The van der Waals surface area contributed by atoms with E-state index in [0.717, 1.165) is 10.4 Å². The van der Waals surface area contributed by atoms with Gasteiger partial charge in [-0.2, -0.15) is 0 Å². The topological polar surface area (TPSA) is 59.1 Å². The molecule has 0 saturated heterocycles. The summed E-state index contributed by atoms with van der Waals surface area (Å²) in [5.74, 6) is -0.274. The van der Waals surface area contributed by atoms with E-state index in [1.165, 1.54) is 35.6 Å². The van der Waals surface area contributed by atoms with Crippen LogP contribution in [0.15, 0.2) is 59.6 Å². The molecule has 3 rings (SSSR count). The number of halogens is 2. The predicted molar refractivity (Wildman–Crippen MR) is 96.8 cm³/mol. The van der Waals surface area contributed by atoms with Crippen molar-refractivity contribution in [1.82, 2.24) is 9.71 Å². The van der Waals surface area contributed by atoms with E-state index in [1.54, 1.807) is 30.5 Å². The van der Waals surface area contributed by atoms with Crippen LogP contribution < -0.4 is 4.72 Å². The van der Waals surface area contributed by atoms with Crippen LogP contribution in [0.5, 0.6) is 0 Å². The second kappa shape index (κ2) is 7.61. The summed E-state index contributed by atoms with van der Waals surface area (Å²) >= 11 is 7.25. The van der Waals surface area contributed by atoms with Crippen molar-refractivity contribution in [1.29, 1.82) is 0 Å². The molecule has 3 aromatic rings. The molecular weight excluding hydrogens is 383 g/mol. The van der Waals surface area contributed by atoms with E-state index in [1.807, 2.05) is 0 Å². The molecule has 1 heterocycles. The highest BCUT2D eigenvalue weighted by atomic mass is 35.5. The van der Waals surface area contributed by atoms with Crippen LogP contribution in [0.25, 0.3) is 0 Å². The van der Waals surface area contributed by atoms with E-state index >= 15 is 0 Å². The number of hydrogen-bond acceptors (Lipinski definition) is 4. The highest BCUT2D eigenvalue weighted by molar-refractivity contribution is 7.89. The SMILES string of the molecule is O=S(=O)(NCc1ncc(Cc2ccc(F)cc2)s1)c1cccc(Cl)c1. The normalized spacial score (nSPS) is 11.6. The van der Waals surface area contributed by atoms with E-state index in [9.17, 15) is 12.8 Å². The lowest BCUT2D eigenvalue weighted by atomic mass is 10.1. The molecule has 25 heavy (non-hydrogen) atoms. The number of benzene rings is 2. The van der Waals surface area contributed by atoms with Gasteiger partial charge in [-0.1, -0.05) is 29.8 Å². The van der Waals surface area contributed by atoms with Crippen molar-refractivity contribution in [2.24, 2.45) is 0 Å². The average Bonchev–Trinajstić information content (AvgIpc) is 3.03. The Hall–Kier alpha value is -1.80. The second-order valence-electron chi connectivity index (χ2n) is 5.31. The number of rotatable bonds is 6. The van der Waals surface area contributed by atoms with Crippen molar-refractivity contribution >= 4 is 33.0 Å². The van der Waals surface area contributed by atoms with Gasteiger partial charge in [-0.25, -0.2) is 22.5 Å². The van der Waals surface area contributed by atoms with Crippen molar-refractivity contribution in [2.75, 3.05) is 0 Å². The Kier molecular flexibility index (Phi) is 5.48. The van der Waals surface area contributed by atoms with E-state index in [4.69, 9.17) is 11.6 Å². The fourth-order valence-electron chi connectivity index (χ4n) is 2.19. The first-order valence-electron chi connectivity index (χ1n) is 7.36. The van der Waals surface area contributed by atoms with Crippen LogP contribution >= 0.6 is 22.9 Å². The minimum absolute atomic E-state index is 0.100. The molecule has 0 atom stereocenters. The predicted octanol–water partition coefficient (Wildman–Crippen LogP) is 4.00. The monoisotopic (exact) mass is 396 g/mol.